The quantitative estimate of drug-likeness (QED) is 0.602. The van der Waals surface area contributed by atoms with Crippen LogP contribution in [-0.4, -0.2) is 34.5 Å². The maximum absolute atomic E-state index is 11.9. The van der Waals surface area contributed by atoms with Crippen LogP contribution in [0.3, 0.4) is 0 Å². The first kappa shape index (κ1) is 9.45. The van der Waals surface area contributed by atoms with Gasteiger partial charge in [0.05, 0.1) is 5.54 Å². The van der Waals surface area contributed by atoms with E-state index in [0.717, 1.165) is 12.8 Å². The fourth-order valence-electron chi connectivity index (χ4n) is 1.73. The van der Waals surface area contributed by atoms with Crippen LogP contribution in [0.15, 0.2) is 0 Å². The van der Waals surface area contributed by atoms with E-state index in [1.54, 1.807) is 13.8 Å². The molecule has 0 aromatic carbocycles. The molecule has 3 amide bonds. The zero-order valence-electron chi connectivity index (χ0n) is 8.46. The summed E-state index contributed by atoms with van der Waals surface area (Å²) in [5.74, 6) is -0.113. The molecule has 14 heavy (non-hydrogen) atoms. The lowest BCUT2D eigenvalue weighted by Gasteiger charge is -2.31. The van der Waals surface area contributed by atoms with E-state index in [4.69, 9.17) is 5.73 Å². The molecule has 0 unspecified atom stereocenters. The number of rotatable bonds is 2. The van der Waals surface area contributed by atoms with Gasteiger partial charge in [-0.3, -0.25) is 9.69 Å². The first-order valence-electron chi connectivity index (χ1n) is 4.80. The van der Waals surface area contributed by atoms with Crippen molar-refractivity contribution in [3.05, 3.63) is 0 Å². The van der Waals surface area contributed by atoms with Crippen molar-refractivity contribution < 1.29 is 9.59 Å². The number of hydrogen-bond acceptors (Lipinski definition) is 3. The number of nitrogens with one attached hydrogen (secondary N) is 1. The van der Waals surface area contributed by atoms with Gasteiger partial charge >= 0.3 is 6.03 Å². The lowest BCUT2D eigenvalue weighted by atomic mass is 10.0. The van der Waals surface area contributed by atoms with Crippen LogP contribution < -0.4 is 11.1 Å². The van der Waals surface area contributed by atoms with Gasteiger partial charge in [-0.15, -0.1) is 0 Å². The number of carbonyl (C=O) groups is 2. The molecule has 78 valence electrons. The number of imide groups is 1. The Kier molecular flexibility index (Phi) is 1.67. The highest BCUT2D eigenvalue weighted by atomic mass is 16.2. The molecule has 3 N–H and O–H groups in total. The zero-order valence-corrected chi connectivity index (χ0v) is 8.46. The Balaban J connectivity index is 2.28. The number of hydrogen-bond donors (Lipinski definition) is 2. The van der Waals surface area contributed by atoms with Crippen molar-refractivity contribution in [2.24, 2.45) is 5.73 Å². The third-order valence-electron chi connectivity index (χ3n) is 3.02. The molecule has 1 aliphatic heterocycles. The van der Waals surface area contributed by atoms with Gasteiger partial charge in [0, 0.05) is 6.54 Å². The second-order valence-corrected chi connectivity index (χ2v) is 4.67. The summed E-state index contributed by atoms with van der Waals surface area (Å²) in [6, 6.07) is -0.303. The van der Waals surface area contributed by atoms with Gasteiger partial charge < -0.3 is 11.1 Å². The Morgan fingerprint density at radius 3 is 2.43 bits per heavy atom. The number of amides is 3. The molecule has 1 spiro atoms. The van der Waals surface area contributed by atoms with Crippen molar-refractivity contribution in [1.82, 2.24) is 10.2 Å². The van der Waals surface area contributed by atoms with Crippen molar-refractivity contribution in [2.45, 2.75) is 37.8 Å². The highest BCUT2D eigenvalue weighted by molar-refractivity contribution is 6.09. The van der Waals surface area contributed by atoms with Crippen LogP contribution in [0.1, 0.15) is 26.7 Å². The van der Waals surface area contributed by atoms with E-state index >= 15 is 0 Å². The molecule has 5 nitrogen and oxygen atoms in total. The lowest BCUT2D eigenvalue weighted by Crippen LogP contribution is -2.52. The topological polar surface area (TPSA) is 75.4 Å². The number of urea groups is 1. The predicted molar refractivity (Wildman–Crippen MR) is 50.5 cm³/mol. The minimum Gasteiger partial charge on any atom is -0.328 e. The van der Waals surface area contributed by atoms with Crippen molar-refractivity contribution >= 4 is 11.9 Å². The van der Waals surface area contributed by atoms with Gasteiger partial charge in [-0.2, -0.15) is 0 Å². The van der Waals surface area contributed by atoms with E-state index in [0.29, 0.717) is 0 Å². The maximum Gasteiger partial charge on any atom is 0.325 e. The van der Waals surface area contributed by atoms with Crippen LogP contribution in [0.2, 0.25) is 0 Å². The molecule has 0 aromatic rings. The highest BCUT2D eigenvalue weighted by Gasteiger charge is 2.61. The molecule has 0 radical (unpaired) electrons. The van der Waals surface area contributed by atoms with Crippen molar-refractivity contribution in [3.8, 4) is 0 Å². The van der Waals surface area contributed by atoms with Gasteiger partial charge in [-0.25, -0.2) is 4.79 Å². The molecule has 1 saturated carbocycles. The molecule has 1 saturated heterocycles. The molecule has 0 atom stereocenters. The Hall–Kier alpha value is -1.10. The molecular weight excluding hydrogens is 182 g/mol. The Morgan fingerprint density at radius 1 is 1.50 bits per heavy atom. The smallest absolute Gasteiger partial charge is 0.325 e. The maximum atomic E-state index is 11.9. The second-order valence-electron chi connectivity index (χ2n) is 4.67. The third-order valence-corrected chi connectivity index (χ3v) is 3.02. The van der Waals surface area contributed by atoms with Gasteiger partial charge in [0.1, 0.15) is 5.54 Å². The van der Waals surface area contributed by atoms with Gasteiger partial charge in [0.15, 0.2) is 0 Å². The summed E-state index contributed by atoms with van der Waals surface area (Å²) in [6.07, 6.45) is 1.52. The van der Waals surface area contributed by atoms with E-state index in [1.807, 2.05) is 0 Å². The summed E-state index contributed by atoms with van der Waals surface area (Å²) >= 11 is 0. The monoisotopic (exact) mass is 197 g/mol. The van der Waals surface area contributed by atoms with Crippen molar-refractivity contribution in [1.29, 1.82) is 0 Å². The summed E-state index contributed by atoms with van der Waals surface area (Å²) < 4.78 is 0. The minimum absolute atomic E-state index is 0.113. The molecule has 2 rings (SSSR count). The van der Waals surface area contributed by atoms with Gasteiger partial charge in [-0.1, -0.05) is 0 Å². The van der Waals surface area contributed by atoms with E-state index < -0.39 is 11.1 Å². The minimum atomic E-state index is -0.590. The first-order chi connectivity index (χ1) is 6.43. The van der Waals surface area contributed by atoms with Gasteiger partial charge in [-0.05, 0) is 26.7 Å². The molecule has 1 aliphatic carbocycles. The SMILES string of the molecule is CC(C)(CN)N1C(=O)NC2(CC2)C1=O. The Morgan fingerprint density at radius 2 is 2.07 bits per heavy atom. The zero-order chi connectivity index (χ0) is 10.6. The van der Waals surface area contributed by atoms with Crippen molar-refractivity contribution in [3.63, 3.8) is 0 Å². The molecule has 1 heterocycles. The van der Waals surface area contributed by atoms with E-state index in [9.17, 15) is 9.59 Å². The summed E-state index contributed by atoms with van der Waals surface area (Å²) in [6.45, 7) is 3.88. The number of nitrogens with two attached hydrogens (primary N) is 1. The molecule has 2 fully saturated rings. The normalized spacial score (nSPS) is 24.4. The predicted octanol–water partition coefficient (Wildman–Crippen LogP) is -0.192. The molecular formula is C9H15N3O2. The standard InChI is InChI=1S/C9H15N3O2/c1-8(2,5-10)12-6(13)9(3-4-9)11-7(12)14/h3-5,10H2,1-2H3,(H,11,14). The number of carbonyl (C=O) groups excluding carboxylic acids is 2. The van der Waals surface area contributed by atoms with Crippen LogP contribution in [-0.2, 0) is 4.79 Å². The summed E-state index contributed by atoms with van der Waals surface area (Å²) in [7, 11) is 0. The van der Waals surface area contributed by atoms with E-state index in [2.05, 4.69) is 5.32 Å². The largest absolute Gasteiger partial charge is 0.328 e. The third kappa shape index (κ3) is 1.05. The van der Waals surface area contributed by atoms with E-state index in [1.165, 1.54) is 4.90 Å². The van der Waals surface area contributed by atoms with Gasteiger partial charge in [0.2, 0.25) is 0 Å². The average Bonchev–Trinajstić information content (AvgIpc) is 2.80. The number of nitrogens with zero attached hydrogens (tertiary/aromatic N) is 1. The summed E-state index contributed by atoms with van der Waals surface area (Å²) in [5.41, 5.74) is 4.39. The van der Waals surface area contributed by atoms with Gasteiger partial charge in [0.25, 0.3) is 5.91 Å². The average molecular weight is 197 g/mol. The molecule has 0 aromatic heterocycles. The summed E-state index contributed by atoms with van der Waals surface area (Å²) in [5, 5.41) is 2.73. The second kappa shape index (κ2) is 2.48. The lowest BCUT2D eigenvalue weighted by molar-refractivity contribution is -0.131. The van der Waals surface area contributed by atoms with E-state index in [-0.39, 0.29) is 18.5 Å². The highest BCUT2D eigenvalue weighted by Crippen LogP contribution is 2.42. The first-order valence-corrected chi connectivity index (χ1v) is 4.80. The van der Waals surface area contributed by atoms with Crippen LogP contribution >= 0.6 is 0 Å². The molecule has 0 bridgehead atoms. The van der Waals surface area contributed by atoms with Crippen LogP contribution in [0.5, 0.6) is 0 Å². The van der Waals surface area contributed by atoms with Crippen LogP contribution in [0.4, 0.5) is 4.79 Å². The summed E-state index contributed by atoms with van der Waals surface area (Å²) in [4.78, 5) is 24.7. The Bertz CT molecular complexity index is 307. The molecule has 5 heteroatoms. The van der Waals surface area contributed by atoms with Crippen LogP contribution in [0.25, 0.3) is 0 Å². The fourth-order valence-corrected chi connectivity index (χ4v) is 1.73. The Labute approximate surface area is 82.6 Å². The molecule has 2 aliphatic rings. The van der Waals surface area contributed by atoms with Crippen molar-refractivity contribution in [2.75, 3.05) is 6.54 Å². The van der Waals surface area contributed by atoms with Crippen LogP contribution in [0, 0.1) is 0 Å². The fraction of sp³-hybridized carbons (Fsp3) is 0.778.